The molecule has 0 radical (unpaired) electrons. The van der Waals surface area contributed by atoms with Gasteiger partial charge >= 0.3 is 0 Å². The summed E-state index contributed by atoms with van der Waals surface area (Å²) >= 11 is 5.75. The minimum absolute atomic E-state index is 0.00671. The van der Waals surface area contributed by atoms with Gasteiger partial charge in [0.2, 0.25) is 5.12 Å². The number of carbonyl (C=O) groups is 2. The molecule has 3 saturated carbocycles. The van der Waals surface area contributed by atoms with E-state index in [1.807, 2.05) is 37.4 Å². The molecule has 7 nitrogen and oxygen atoms in total. The third-order valence-corrected chi connectivity index (χ3v) is 11.7. The Morgan fingerprint density at radius 2 is 2.08 bits per heavy atom. The molecule has 40 heavy (non-hydrogen) atoms. The molecule has 0 saturated heterocycles. The van der Waals surface area contributed by atoms with Crippen molar-refractivity contribution in [3.05, 3.63) is 52.7 Å². The Balaban J connectivity index is 1.40. The van der Waals surface area contributed by atoms with Crippen molar-refractivity contribution in [2.24, 2.45) is 28.6 Å². The number of quaternary nitrogens is 1. The third kappa shape index (κ3) is 4.71. The molecule has 1 aromatic rings. The molecule has 216 valence electrons. The number of hydrogen-bond donors (Lipinski definition) is 6. The van der Waals surface area contributed by atoms with Gasteiger partial charge in [-0.25, -0.2) is 0 Å². The van der Waals surface area contributed by atoms with E-state index >= 15 is 0 Å². The van der Waals surface area contributed by atoms with Crippen molar-refractivity contribution in [3.8, 4) is 0 Å². The van der Waals surface area contributed by atoms with Crippen LogP contribution >= 0.6 is 24.4 Å². The van der Waals surface area contributed by atoms with Crippen LogP contribution in [0, 0.1) is 34.0 Å². The number of thioether (sulfide) groups is 1. The Kier molecular flexibility index (Phi) is 8.18. The summed E-state index contributed by atoms with van der Waals surface area (Å²) in [5.41, 5.74) is 2.21. The molecule has 9 heteroatoms. The fourth-order valence-corrected chi connectivity index (χ4v) is 9.34. The minimum Gasteiger partial charge on any atom is -0.393 e. The fraction of sp³-hybridized carbons (Fsp3) is 0.581. The van der Waals surface area contributed by atoms with E-state index in [-0.39, 0.29) is 29.1 Å². The number of fused-ring (bicyclic) bond motifs is 5. The molecule has 0 aromatic heterocycles. The zero-order chi connectivity index (χ0) is 28.9. The molecule has 4 aliphatic rings. The standard InChI is InChI=1S/C31H41N3O4S2/c1-29-15-19(17-32)24(34-21-6-4-5-18(13-21)27(36)33-11-12-40-3)14-20(29)7-8-22-23-9-10-31(38,28(37)39)30(23,2)16-25(35)26(22)29/h4-6,13-14,17,22-23,25-26,32,34-35,38H,7-12,15-16H2,1-3H3,(H,33,36)(H,37,39)/p+1/t22-,23?,25-,26?,29-,30-,31-/m0/s1. The Morgan fingerprint density at radius 1 is 1.30 bits per heavy atom. The quantitative estimate of drug-likeness (QED) is 0.120. The minimum atomic E-state index is -1.50. The topological polar surface area (TPSA) is 127 Å². The fourth-order valence-electron chi connectivity index (χ4n) is 8.66. The maximum Gasteiger partial charge on any atom is 0.251 e. The van der Waals surface area contributed by atoms with Crippen LogP contribution in [-0.4, -0.2) is 57.7 Å². The van der Waals surface area contributed by atoms with Gasteiger partial charge in [-0.1, -0.05) is 25.5 Å². The van der Waals surface area contributed by atoms with Crippen LogP contribution in [0.2, 0.25) is 0 Å². The van der Waals surface area contributed by atoms with E-state index in [9.17, 15) is 19.8 Å². The first-order valence-corrected chi connectivity index (χ1v) is 16.1. The summed E-state index contributed by atoms with van der Waals surface area (Å²) < 4.78 is 0. The summed E-state index contributed by atoms with van der Waals surface area (Å²) in [6, 6.07) is 7.58. The number of amides is 1. The molecule has 6 N–H and O–H groups in total. The van der Waals surface area contributed by atoms with E-state index in [1.54, 1.807) is 11.8 Å². The van der Waals surface area contributed by atoms with E-state index < -0.39 is 22.2 Å². The van der Waals surface area contributed by atoms with Crippen LogP contribution in [0.5, 0.6) is 0 Å². The second kappa shape index (κ2) is 11.1. The lowest BCUT2D eigenvalue weighted by atomic mass is 9.45. The first kappa shape index (κ1) is 29.6. The van der Waals surface area contributed by atoms with Crippen molar-refractivity contribution in [2.45, 2.75) is 64.1 Å². The highest BCUT2D eigenvalue weighted by Gasteiger charge is 2.68. The van der Waals surface area contributed by atoms with Gasteiger partial charge in [0.05, 0.1) is 6.10 Å². The molecule has 0 aliphatic heterocycles. The predicted molar refractivity (Wildman–Crippen MR) is 162 cm³/mol. The number of carbonyl (C=O) groups excluding carboxylic acids is 2. The average Bonchev–Trinajstić information content (AvgIpc) is 3.19. The van der Waals surface area contributed by atoms with Crippen LogP contribution in [0.1, 0.15) is 62.7 Å². The maximum absolute atomic E-state index is 12.6. The Labute approximate surface area is 246 Å². The van der Waals surface area contributed by atoms with Crippen LogP contribution in [0.25, 0.3) is 0 Å². The number of aliphatic hydroxyl groups excluding tert-OH is 1. The number of allylic oxidation sites excluding steroid dienone is 3. The normalized spacial score (nSPS) is 36.7. The Hall–Kier alpha value is -1.91. The van der Waals surface area contributed by atoms with Gasteiger partial charge in [-0.3, -0.25) is 14.9 Å². The van der Waals surface area contributed by atoms with Gasteiger partial charge in [0.25, 0.3) is 5.91 Å². The van der Waals surface area contributed by atoms with Gasteiger partial charge in [-0.05, 0) is 86.2 Å². The number of rotatable bonds is 8. The first-order chi connectivity index (χ1) is 19.0. The van der Waals surface area contributed by atoms with Crippen molar-refractivity contribution in [3.63, 3.8) is 0 Å². The van der Waals surface area contributed by atoms with E-state index in [2.05, 4.69) is 36.3 Å². The average molecular weight is 585 g/mol. The van der Waals surface area contributed by atoms with E-state index in [0.717, 1.165) is 42.0 Å². The molecule has 1 amide bonds. The van der Waals surface area contributed by atoms with Crippen LogP contribution < -0.4 is 10.6 Å². The highest BCUT2D eigenvalue weighted by atomic mass is 32.2. The van der Waals surface area contributed by atoms with Crippen LogP contribution in [-0.2, 0) is 4.79 Å². The van der Waals surface area contributed by atoms with Gasteiger partial charge in [0.15, 0.2) is 0 Å². The largest absolute Gasteiger partial charge is 0.393 e. The summed E-state index contributed by atoms with van der Waals surface area (Å²) in [5, 5.41) is 35.8. The summed E-state index contributed by atoms with van der Waals surface area (Å²) in [6.07, 6.45) is 8.95. The first-order valence-electron chi connectivity index (χ1n) is 14.3. The molecule has 0 heterocycles. The van der Waals surface area contributed by atoms with Crippen molar-refractivity contribution >= 4 is 47.3 Å². The molecular formula is C31H42N3O4S2+. The zero-order valence-corrected chi connectivity index (χ0v) is 25.3. The van der Waals surface area contributed by atoms with Gasteiger partial charge in [-0.2, -0.15) is 11.8 Å². The van der Waals surface area contributed by atoms with Gasteiger partial charge in [0, 0.05) is 41.1 Å². The molecule has 1 aromatic carbocycles. The van der Waals surface area contributed by atoms with Gasteiger partial charge in [0.1, 0.15) is 17.0 Å². The molecule has 7 atom stereocenters. The molecule has 0 spiro atoms. The number of benzene rings is 1. The molecule has 0 bridgehead atoms. The second-order valence-electron chi connectivity index (χ2n) is 12.6. The van der Waals surface area contributed by atoms with Crippen LogP contribution in [0.4, 0.5) is 5.69 Å². The van der Waals surface area contributed by atoms with E-state index in [1.165, 1.54) is 11.8 Å². The molecule has 3 fully saturated rings. The Bertz CT molecular complexity index is 1280. The molecule has 4 aliphatic carbocycles. The number of hydrogen-bond acceptors (Lipinski definition) is 6. The summed E-state index contributed by atoms with van der Waals surface area (Å²) in [5.74, 6) is 1.11. The zero-order valence-electron chi connectivity index (χ0n) is 23.6. The van der Waals surface area contributed by atoms with Crippen molar-refractivity contribution in [1.82, 2.24) is 5.32 Å². The summed E-state index contributed by atoms with van der Waals surface area (Å²) in [4.78, 5) is 25.0. The summed E-state index contributed by atoms with van der Waals surface area (Å²) in [6.45, 7) is 4.83. The maximum atomic E-state index is 12.6. The molecular weight excluding hydrogens is 542 g/mol. The number of nitrogens with one attached hydrogen (secondary N) is 2. The Morgan fingerprint density at radius 3 is 2.77 bits per heavy atom. The van der Waals surface area contributed by atoms with Crippen LogP contribution in [0.15, 0.2) is 47.2 Å². The predicted octanol–water partition coefficient (Wildman–Crippen LogP) is 3.61. The lowest BCUT2D eigenvalue weighted by molar-refractivity contribution is -0.513. The highest BCUT2D eigenvalue weighted by molar-refractivity contribution is 7.98. The van der Waals surface area contributed by atoms with Crippen molar-refractivity contribution in [2.75, 3.05) is 18.6 Å². The highest BCUT2D eigenvalue weighted by Crippen LogP contribution is 2.68. The smallest absolute Gasteiger partial charge is 0.251 e. The summed E-state index contributed by atoms with van der Waals surface area (Å²) in [7, 11) is 0. The second-order valence-corrected chi connectivity index (χ2v) is 14.0. The lowest BCUT2D eigenvalue weighted by Crippen LogP contribution is -2.76. The lowest BCUT2D eigenvalue weighted by Gasteiger charge is -2.60. The number of nitrogens with two attached hydrogens (primary N) is 1. The van der Waals surface area contributed by atoms with Gasteiger partial charge < -0.3 is 20.9 Å². The molecule has 5 rings (SSSR count). The van der Waals surface area contributed by atoms with Gasteiger partial charge in [-0.15, -0.1) is 12.6 Å². The van der Waals surface area contributed by atoms with E-state index in [4.69, 9.17) is 5.41 Å². The van der Waals surface area contributed by atoms with Crippen LogP contribution in [0.3, 0.4) is 0 Å². The van der Waals surface area contributed by atoms with Crippen molar-refractivity contribution in [1.29, 1.82) is 5.41 Å². The molecule has 2 unspecified atom stereocenters. The van der Waals surface area contributed by atoms with Crippen molar-refractivity contribution < 1.29 is 25.1 Å². The SMILES string of the molecule is CSCCNC(=O)c1cccc([NH2+]C2=C(C=N)C[C@@]3(C)C(=C2)CC[C@@H]2C3[C@@H](O)C[C@@]3(C)C2CC[C@]3(O)C(=O)S)c1. The monoisotopic (exact) mass is 584 g/mol. The van der Waals surface area contributed by atoms with E-state index in [0.29, 0.717) is 31.4 Å². The number of thiol groups is 1. The number of aliphatic hydroxyl groups is 2. The third-order valence-electron chi connectivity index (χ3n) is 10.7.